The monoisotopic (exact) mass is 294 g/mol. The minimum absolute atomic E-state index is 0.694. The van der Waals surface area contributed by atoms with E-state index in [0.29, 0.717) is 13.2 Å². The van der Waals surface area contributed by atoms with E-state index in [-0.39, 0.29) is 0 Å². The van der Waals surface area contributed by atoms with E-state index in [4.69, 9.17) is 9.47 Å². The molecule has 2 aromatic carbocycles. The summed E-state index contributed by atoms with van der Waals surface area (Å²) in [5.74, 6) is 1.81. The summed E-state index contributed by atoms with van der Waals surface area (Å²) in [6.45, 7) is 5.36. The molecule has 2 aromatic rings. The van der Waals surface area contributed by atoms with Gasteiger partial charge in [0, 0.05) is 0 Å². The van der Waals surface area contributed by atoms with Crippen molar-refractivity contribution in [1.82, 2.24) is 0 Å². The number of hydrogen-bond donors (Lipinski definition) is 0. The Balaban J connectivity index is 1.90. The van der Waals surface area contributed by atoms with Gasteiger partial charge in [-0.25, -0.2) is 0 Å². The van der Waals surface area contributed by atoms with Crippen LogP contribution in [0.4, 0.5) is 0 Å². The van der Waals surface area contributed by atoms with E-state index in [1.807, 2.05) is 74.5 Å². The van der Waals surface area contributed by atoms with E-state index in [0.717, 1.165) is 22.6 Å². The largest absolute Gasteiger partial charge is 0.494 e. The number of rotatable bonds is 7. The number of hydrogen-bond acceptors (Lipinski definition) is 2. The fourth-order valence-corrected chi connectivity index (χ4v) is 2.02. The number of benzene rings is 2. The first-order chi connectivity index (χ1) is 10.8. The number of allylic oxidation sites excluding steroid dienone is 2. The lowest BCUT2D eigenvalue weighted by molar-refractivity contribution is 0.340. The van der Waals surface area contributed by atoms with Crippen LogP contribution in [-0.2, 0) is 0 Å². The minimum atomic E-state index is 0.694. The van der Waals surface area contributed by atoms with Gasteiger partial charge in [0.1, 0.15) is 11.5 Å². The van der Waals surface area contributed by atoms with Gasteiger partial charge in [-0.2, -0.15) is 0 Å². The molecule has 0 unspecified atom stereocenters. The average Bonchev–Trinajstić information content (AvgIpc) is 2.55. The van der Waals surface area contributed by atoms with Gasteiger partial charge in [-0.15, -0.1) is 0 Å². The molecule has 0 bridgehead atoms. The lowest BCUT2D eigenvalue weighted by Crippen LogP contribution is -1.90. The summed E-state index contributed by atoms with van der Waals surface area (Å²) in [5.41, 5.74) is 2.31. The van der Waals surface area contributed by atoms with Crippen LogP contribution >= 0.6 is 0 Å². The highest BCUT2D eigenvalue weighted by atomic mass is 16.5. The van der Waals surface area contributed by atoms with E-state index in [2.05, 4.69) is 12.2 Å². The van der Waals surface area contributed by atoms with Gasteiger partial charge in [-0.05, 0) is 49.2 Å². The molecule has 0 heterocycles. The maximum atomic E-state index is 5.42. The van der Waals surface area contributed by atoms with Crippen LogP contribution in [-0.4, -0.2) is 13.2 Å². The molecule has 0 saturated heterocycles. The first-order valence-electron chi connectivity index (χ1n) is 7.62. The second kappa shape index (κ2) is 8.73. The summed E-state index contributed by atoms with van der Waals surface area (Å²) in [5, 5.41) is 0. The van der Waals surface area contributed by atoms with Crippen molar-refractivity contribution in [2.75, 3.05) is 13.2 Å². The maximum Gasteiger partial charge on any atom is 0.119 e. The van der Waals surface area contributed by atoms with Crippen molar-refractivity contribution in [2.24, 2.45) is 0 Å². The fourth-order valence-electron chi connectivity index (χ4n) is 2.02. The van der Waals surface area contributed by atoms with Crippen LogP contribution in [0.25, 0.3) is 12.2 Å². The molecule has 22 heavy (non-hydrogen) atoms. The van der Waals surface area contributed by atoms with Crippen molar-refractivity contribution in [3.63, 3.8) is 0 Å². The smallest absolute Gasteiger partial charge is 0.119 e. The molecule has 0 fully saturated rings. The molecule has 114 valence electrons. The van der Waals surface area contributed by atoms with Gasteiger partial charge in [0.15, 0.2) is 0 Å². The van der Waals surface area contributed by atoms with Crippen LogP contribution < -0.4 is 9.47 Å². The summed E-state index contributed by atoms with van der Waals surface area (Å²) in [4.78, 5) is 0. The normalized spacial score (nSPS) is 11.2. The summed E-state index contributed by atoms with van der Waals surface area (Å²) < 4.78 is 10.8. The Morgan fingerprint density at radius 3 is 1.32 bits per heavy atom. The predicted molar refractivity (Wildman–Crippen MR) is 93.3 cm³/mol. The van der Waals surface area contributed by atoms with Gasteiger partial charge in [0.05, 0.1) is 13.2 Å². The minimum Gasteiger partial charge on any atom is -0.494 e. The molecule has 0 saturated carbocycles. The SMILES string of the molecule is CCOc1ccc(/C=C/C=C/c2ccc(OCC)cc2)cc1. The van der Waals surface area contributed by atoms with Gasteiger partial charge in [0.25, 0.3) is 0 Å². The highest BCUT2D eigenvalue weighted by molar-refractivity contribution is 5.58. The van der Waals surface area contributed by atoms with Gasteiger partial charge in [-0.3, -0.25) is 0 Å². The molecule has 0 aliphatic carbocycles. The predicted octanol–water partition coefficient (Wildman–Crippen LogP) is 5.21. The van der Waals surface area contributed by atoms with E-state index >= 15 is 0 Å². The molecule has 0 aromatic heterocycles. The first-order valence-corrected chi connectivity index (χ1v) is 7.62. The fraction of sp³-hybridized carbons (Fsp3) is 0.200. The standard InChI is InChI=1S/C20H22O2/c1-3-21-19-13-9-17(10-14-19)7-5-6-8-18-11-15-20(16-12-18)22-4-2/h5-16H,3-4H2,1-2H3/b7-5+,8-6+. The molecule has 0 N–H and O–H groups in total. The zero-order valence-electron chi connectivity index (χ0n) is 13.2. The molecule has 0 radical (unpaired) electrons. The van der Waals surface area contributed by atoms with Crippen molar-refractivity contribution >= 4 is 12.2 Å². The third-order valence-corrected chi connectivity index (χ3v) is 3.07. The van der Waals surface area contributed by atoms with Crippen LogP contribution in [0.1, 0.15) is 25.0 Å². The van der Waals surface area contributed by atoms with E-state index in [1.54, 1.807) is 0 Å². The van der Waals surface area contributed by atoms with E-state index in [1.165, 1.54) is 0 Å². The van der Waals surface area contributed by atoms with E-state index < -0.39 is 0 Å². The Kier molecular flexibility index (Phi) is 6.31. The third kappa shape index (κ3) is 5.13. The van der Waals surface area contributed by atoms with Crippen molar-refractivity contribution in [3.8, 4) is 11.5 Å². The molecule has 2 nitrogen and oxygen atoms in total. The zero-order chi connectivity index (χ0) is 15.6. The van der Waals surface area contributed by atoms with E-state index in [9.17, 15) is 0 Å². The summed E-state index contributed by atoms with van der Waals surface area (Å²) in [7, 11) is 0. The first kappa shape index (κ1) is 15.9. The zero-order valence-corrected chi connectivity index (χ0v) is 13.2. The molecular weight excluding hydrogens is 272 g/mol. The van der Waals surface area contributed by atoms with Gasteiger partial charge < -0.3 is 9.47 Å². The summed E-state index contributed by atoms with van der Waals surface area (Å²) in [6, 6.07) is 16.1. The Morgan fingerprint density at radius 1 is 0.636 bits per heavy atom. The van der Waals surface area contributed by atoms with Crippen molar-refractivity contribution < 1.29 is 9.47 Å². The lowest BCUT2D eigenvalue weighted by atomic mass is 10.2. The molecule has 0 aliphatic heterocycles. The van der Waals surface area contributed by atoms with Gasteiger partial charge >= 0.3 is 0 Å². The molecule has 2 heteroatoms. The van der Waals surface area contributed by atoms with Crippen LogP contribution in [0.5, 0.6) is 11.5 Å². The summed E-state index contributed by atoms with van der Waals surface area (Å²) >= 11 is 0. The van der Waals surface area contributed by atoms with Gasteiger partial charge in [0.2, 0.25) is 0 Å². The van der Waals surface area contributed by atoms with Crippen LogP contribution in [0.3, 0.4) is 0 Å². The molecule has 0 atom stereocenters. The highest BCUT2D eigenvalue weighted by Gasteiger charge is 1.92. The van der Waals surface area contributed by atoms with Crippen LogP contribution in [0.15, 0.2) is 60.7 Å². The second-order valence-electron chi connectivity index (χ2n) is 4.72. The Morgan fingerprint density at radius 2 is 1.00 bits per heavy atom. The quantitative estimate of drug-likeness (QED) is 0.653. The maximum absolute atomic E-state index is 5.42. The second-order valence-corrected chi connectivity index (χ2v) is 4.72. The van der Waals surface area contributed by atoms with Crippen LogP contribution in [0.2, 0.25) is 0 Å². The third-order valence-electron chi connectivity index (χ3n) is 3.07. The summed E-state index contributed by atoms with van der Waals surface area (Å²) in [6.07, 6.45) is 8.21. The molecule has 0 aliphatic rings. The molecule has 2 rings (SSSR count). The number of ether oxygens (including phenoxy) is 2. The average molecular weight is 294 g/mol. The van der Waals surface area contributed by atoms with Crippen molar-refractivity contribution in [3.05, 3.63) is 71.8 Å². The van der Waals surface area contributed by atoms with Gasteiger partial charge in [-0.1, -0.05) is 48.6 Å². The molecular formula is C20H22O2. The topological polar surface area (TPSA) is 18.5 Å². The van der Waals surface area contributed by atoms with Crippen molar-refractivity contribution in [1.29, 1.82) is 0 Å². The Labute approximate surface area is 132 Å². The highest BCUT2D eigenvalue weighted by Crippen LogP contribution is 2.14. The molecule has 0 spiro atoms. The molecule has 0 amide bonds. The Hall–Kier alpha value is -2.48. The van der Waals surface area contributed by atoms with Crippen LogP contribution in [0, 0.1) is 0 Å². The Bertz CT molecular complexity index is 550. The lowest BCUT2D eigenvalue weighted by Gasteiger charge is -2.02. The van der Waals surface area contributed by atoms with Crippen molar-refractivity contribution in [2.45, 2.75) is 13.8 Å².